The minimum absolute atomic E-state index is 0.117. The van der Waals surface area contributed by atoms with E-state index in [2.05, 4.69) is 75.1 Å². The van der Waals surface area contributed by atoms with Crippen LogP contribution in [-0.4, -0.2) is 29.3 Å². The number of fused-ring (bicyclic) bond motifs is 2. The van der Waals surface area contributed by atoms with Crippen molar-refractivity contribution in [1.29, 1.82) is 0 Å². The molecule has 3 aliphatic rings. The smallest absolute Gasteiger partial charge is 0.338 e. The van der Waals surface area contributed by atoms with E-state index >= 15 is 0 Å². The molecule has 0 radical (unpaired) electrons. The zero-order chi connectivity index (χ0) is 23.8. The number of hydrogen-bond donors (Lipinski definition) is 0. The van der Waals surface area contributed by atoms with Crippen molar-refractivity contribution in [2.24, 2.45) is 17.8 Å². The Morgan fingerprint density at radius 1 is 1.09 bits per heavy atom. The molecule has 5 rings (SSSR count). The lowest BCUT2D eigenvalue weighted by molar-refractivity contribution is -0.199. The van der Waals surface area contributed by atoms with Gasteiger partial charge in [0.1, 0.15) is 6.04 Å². The molecule has 0 bridgehead atoms. The molecular formula is C30H37NO3. The molecule has 2 heterocycles. The van der Waals surface area contributed by atoms with Gasteiger partial charge in [0.25, 0.3) is 0 Å². The van der Waals surface area contributed by atoms with E-state index in [1.807, 2.05) is 12.1 Å². The highest BCUT2D eigenvalue weighted by molar-refractivity contribution is 5.97. The van der Waals surface area contributed by atoms with Crippen LogP contribution in [0.4, 0.5) is 0 Å². The van der Waals surface area contributed by atoms with Crippen LogP contribution in [0, 0.1) is 24.7 Å². The van der Waals surface area contributed by atoms with Gasteiger partial charge in [-0.3, -0.25) is 4.90 Å². The molecule has 180 valence electrons. The maximum atomic E-state index is 13.2. The van der Waals surface area contributed by atoms with Crippen LogP contribution in [0.2, 0.25) is 0 Å². The van der Waals surface area contributed by atoms with Gasteiger partial charge in [-0.05, 0) is 65.8 Å². The van der Waals surface area contributed by atoms with Gasteiger partial charge in [0.15, 0.2) is 0 Å². The molecule has 2 aromatic carbocycles. The highest BCUT2D eigenvalue weighted by Gasteiger charge is 2.48. The predicted molar refractivity (Wildman–Crippen MR) is 135 cm³/mol. The Bertz CT molecular complexity index is 1060. The molecule has 0 amide bonds. The second-order valence-electron chi connectivity index (χ2n) is 10.9. The van der Waals surface area contributed by atoms with Crippen LogP contribution in [0.15, 0.2) is 54.1 Å². The van der Waals surface area contributed by atoms with E-state index in [1.54, 1.807) is 0 Å². The Morgan fingerprint density at radius 3 is 2.65 bits per heavy atom. The van der Waals surface area contributed by atoms with Gasteiger partial charge in [-0.2, -0.15) is 0 Å². The maximum Gasteiger partial charge on any atom is 0.338 e. The molecule has 34 heavy (non-hydrogen) atoms. The maximum absolute atomic E-state index is 13.2. The number of hydrogen-bond acceptors (Lipinski definition) is 4. The van der Waals surface area contributed by atoms with Crippen molar-refractivity contribution in [1.82, 2.24) is 4.90 Å². The summed E-state index contributed by atoms with van der Waals surface area (Å²) in [4.78, 5) is 15.6. The molecule has 0 spiro atoms. The summed E-state index contributed by atoms with van der Waals surface area (Å²) in [6, 6.07) is 16.6. The molecule has 5 atom stereocenters. The highest BCUT2D eigenvalue weighted by Crippen LogP contribution is 2.40. The third-order valence-electron chi connectivity index (χ3n) is 8.05. The molecule has 4 heteroatoms. The van der Waals surface area contributed by atoms with Crippen molar-refractivity contribution in [2.75, 3.05) is 0 Å². The number of aryl methyl sites for hydroxylation is 1. The number of carbonyl (C=O) groups excluding carboxylic acids is 1. The van der Waals surface area contributed by atoms with Crippen LogP contribution in [-0.2, 0) is 27.4 Å². The fourth-order valence-electron chi connectivity index (χ4n) is 6.08. The first-order valence-corrected chi connectivity index (χ1v) is 12.8. The van der Waals surface area contributed by atoms with Crippen molar-refractivity contribution in [2.45, 2.75) is 78.5 Å². The number of nitrogens with zero attached hydrogens (tertiary/aromatic N) is 1. The molecule has 4 nitrogen and oxygen atoms in total. The second kappa shape index (κ2) is 9.67. The summed E-state index contributed by atoms with van der Waals surface area (Å²) in [6.07, 6.45) is 5.04. The van der Waals surface area contributed by atoms with E-state index in [9.17, 15) is 4.79 Å². The Kier molecular flexibility index (Phi) is 6.63. The summed E-state index contributed by atoms with van der Waals surface area (Å²) in [6.45, 7) is 10.5. The monoisotopic (exact) mass is 459 g/mol. The van der Waals surface area contributed by atoms with Gasteiger partial charge in [-0.15, -0.1) is 0 Å². The normalized spacial score (nSPS) is 29.3. The van der Waals surface area contributed by atoms with Crippen LogP contribution in [0.25, 0.3) is 6.08 Å². The number of carbonyl (C=O) groups is 1. The number of ether oxygens (including phenoxy) is 2. The van der Waals surface area contributed by atoms with E-state index in [0.29, 0.717) is 17.8 Å². The molecule has 0 aromatic heterocycles. The third kappa shape index (κ3) is 4.58. The van der Waals surface area contributed by atoms with E-state index in [4.69, 9.17) is 9.47 Å². The minimum atomic E-state index is -0.575. The summed E-state index contributed by atoms with van der Waals surface area (Å²) in [5.74, 6) is 1.43. The fraction of sp³-hybridized carbons (Fsp3) is 0.500. The van der Waals surface area contributed by atoms with Gasteiger partial charge < -0.3 is 9.47 Å². The number of benzene rings is 2. The minimum Gasteiger partial charge on any atom is -0.430 e. The molecule has 1 saturated heterocycles. The average molecular weight is 460 g/mol. The molecule has 0 N–H and O–H groups in total. The lowest BCUT2D eigenvalue weighted by Gasteiger charge is -2.40. The zero-order valence-corrected chi connectivity index (χ0v) is 20.9. The Hall–Kier alpha value is -2.43. The first kappa shape index (κ1) is 23.3. The van der Waals surface area contributed by atoms with E-state index in [0.717, 1.165) is 30.6 Å². The van der Waals surface area contributed by atoms with E-state index in [1.165, 1.54) is 29.5 Å². The molecule has 2 aromatic rings. The Labute approximate surface area is 203 Å². The summed E-state index contributed by atoms with van der Waals surface area (Å²) in [7, 11) is 0. The third-order valence-corrected chi connectivity index (χ3v) is 8.05. The number of rotatable bonds is 5. The van der Waals surface area contributed by atoms with Crippen molar-refractivity contribution >= 4 is 12.0 Å². The zero-order valence-electron chi connectivity index (χ0n) is 20.9. The first-order chi connectivity index (χ1) is 16.4. The predicted octanol–water partition coefficient (Wildman–Crippen LogP) is 6.12. The summed E-state index contributed by atoms with van der Waals surface area (Å²) >= 11 is 0. The number of cyclic esters (lactones) is 1. The van der Waals surface area contributed by atoms with Gasteiger partial charge >= 0.3 is 5.97 Å². The lowest BCUT2D eigenvalue weighted by atomic mass is 9.75. The number of esters is 1. The Balaban J connectivity index is 1.50. The van der Waals surface area contributed by atoms with Crippen molar-refractivity contribution in [3.05, 3.63) is 76.4 Å². The largest absolute Gasteiger partial charge is 0.430 e. The molecule has 1 saturated carbocycles. The molecule has 0 unspecified atom stereocenters. The van der Waals surface area contributed by atoms with Gasteiger partial charge in [0.2, 0.25) is 6.29 Å². The molecule has 2 fully saturated rings. The Morgan fingerprint density at radius 2 is 1.88 bits per heavy atom. The quantitative estimate of drug-likeness (QED) is 0.505. The van der Waals surface area contributed by atoms with Crippen LogP contribution in [0.1, 0.15) is 62.3 Å². The van der Waals surface area contributed by atoms with Crippen LogP contribution < -0.4 is 0 Å². The summed E-state index contributed by atoms with van der Waals surface area (Å²) in [5.41, 5.74) is 5.58. The first-order valence-electron chi connectivity index (χ1n) is 12.8. The second-order valence-corrected chi connectivity index (χ2v) is 10.9. The lowest BCUT2D eigenvalue weighted by Crippen LogP contribution is -2.45. The van der Waals surface area contributed by atoms with Crippen LogP contribution in [0.5, 0.6) is 0 Å². The highest BCUT2D eigenvalue weighted by atomic mass is 16.7. The average Bonchev–Trinajstić information content (AvgIpc) is 2.99. The topological polar surface area (TPSA) is 38.8 Å². The van der Waals surface area contributed by atoms with E-state index in [-0.39, 0.29) is 18.1 Å². The molecular weight excluding hydrogens is 422 g/mol. The summed E-state index contributed by atoms with van der Waals surface area (Å²) in [5, 5.41) is 0. The van der Waals surface area contributed by atoms with Gasteiger partial charge in [-0.1, -0.05) is 75.7 Å². The fourth-order valence-corrected chi connectivity index (χ4v) is 6.08. The van der Waals surface area contributed by atoms with E-state index < -0.39 is 6.29 Å². The van der Waals surface area contributed by atoms with Crippen LogP contribution in [0.3, 0.4) is 0 Å². The van der Waals surface area contributed by atoms with Crippen molar-refractivity contribution in [3.63, 3.8) is 0 Å². The summed E-state index contributed by atoms with van der Waals surface area (Å²) < 4.78 is 12.7. The van der Waals surface area contributed by atoms with Gasteiger partial charge in [-0.25, -0.2) is 4.79 Å². The molecule has 2 aliphatic heterocycles. The molecule has 1 aliphatic carbocycles. The standard InChI is InChI=1S/C30H37NO3/c1-19(2)24-14-13-20(3)15-27(24)33-30-28-25(29(32)34-30)16-23-12-8-9-21(4)26(23)18-31(28)17-22-10-6-5-7-11-22/h5-12,16,19-20,24,27-28,30H,13-15,17-18H2,1-4H3/t20-,24+,27-,28-,30-/m1/s1. The van der Waals surface area contributed by atoms with Crippen LogP contribution >= 0.6 is 0 Å². The van der Waals surface area contributed by atoms with Crippen molar-refractivity contribution < 1.29 is 14.3 Å². The SMILES string of the molecule is Cc1cccc2c1CN(Cc1ccccc1)[C@@H]1C(=C2)C(=O)O[C@H]1O[C@@H]1C[C@H](C)CC[C@H]1C(C)C. The van der Waals surface area contributed by atoms with Crippen molar-refractivity contribution in [3.8, 4) is 0 Å². The van der Waals surface area contributed by atoms with Gasteiger partial charge in [0.05, 0.1) is 11.7 Å². The van der Waals surface area contributed by atoms with Gasteiger partial charge in [0, 0.05) is 13.1 Å².